The van der Waals surface area contributed by atoms with Gasteiger partial charge in [-0.25, -0.2) is 4.39 Å². The largest absolute Gasteiger partial charge is 0.418 e. The lowest BCUT2D eigenvalue weighted by atomic mass is 10.1. The Morgan fingerprint density at radius 1 is 1.04 bits per heavy atom. The zero-order chi connectivity index (χ0) is 19.3. The number of thiophene rings is 1. The summed E-state index contributed by atoms with van der Waals surface area (Å²) in [6.07, 6.45) is 0.245. The molecule has 0 aliphatic heterocycles. The van der Waals surface area contributed by atoms with E-state index < -0.39 is 6.04 Å². The molecule has 2 aromatic carbocycles. The molecule has 1 atom stereocenters. The fourth-order valence-corrected chi connectivity index (χ4v) is 3.48. The van der Waals surface area contributed by atoms with Crippen LogP contribution in [0.15, 0.2) is 76.5 Å². The quantitative estimate of drug-likeness (QED) is 0.528. The van der Waals surface area contributed by atoms with Crippen molar-refractivity contribution in [1.29, 1.82) is 0 Å². The summed E-state index contributed by atoms with van der Waals surface area (Å²) in [5, 5.41) is 13.1. The highest BCUT2D eigenvalue weighted by Crippen LogP contribution is 2.25. The number of hydrogen-bond acceptors (Lipinski definition) is 5. The Bertz CT molecular complexity index is 1050. The van der Waals surface area contributed by atoms with Crippen LogP contribution in [0.2, 0.25) is 0 Å². The molecule has 5 nitrogen and oxygen atoms in total. The van der Waals surface area contributed by atoms with Crippen molar-refractivity contribution in [3.63, 3.8) is 0 Å². The van der Waals surface area contributed by atoms with Crippen molar-refractivity contribution in [3.05, 3.63) is 94.3 Å². The molecule has 0 fully saturated rings. The number of aromatic nitrogens is 2. The number of carbonyl (C=O) groups excluding carboxylic acids is 1. The number of carbonyl (C=O) groups is 1. The Balaban J connectivity index is 1.62. The van der Waals surface area contributed by atoms with Crippen LogP contribution in [0.5, 0.6) is 0 Å². The predicted octanol–water partition coefficient (Wildman–Crippen LogP) is 4.39. The lowest BCUT2D eigenvalue weighted by Crippen LogP contribution is -2.30. The first-order valence-corrected chi connectivity index (χ1v) is 9.53. The average Bonchev–Trinajstić information content (AvgIpc) is 3.40. The van der Waals surface area contributed by atoms with Gasteiger partial charge in [0, 0.05) is 10.4 Å². The summed E-state index contributed by atoms with van der Waals surface area (Å²) in [5.41, 5.74) is 1.44. The first-order chi connectivity index (χ1) is 13.7. The molecule has 0 radical (unpaired) electrons. The monoisotopic (exact) mass is 393 g/mol. The van der Waals surface area contributed by atoms with E-state index in [1.807, 2.05) is 47.8 Å². The SMILES string of the molecule is O=C(Cc1cccs1)NC(c1ccc(F)cc1)c1nnc(-c2ccccc2)o1. The maximum absolute atomic E-state index is 13.4. The minimum atomic E-state index is -0.668. The van der Waals surface area contributed by atoms with Crippen molar-refractivity contribution in [2.75, 3.05) is 0 Å². The van der Waals surface area contributed by atoms with Gasteiger partial charge in [-0.1, -0.05) is 36.4 Å². The van der Waals surface area contributed by atoms with Gasteiger partial charge in [-0.15, -0.1) is 21.5 Å². The van der Waals surface area contributed by atoms with Crippen molar-refractivity contribution in [3.8, 4) is 11.5 Å². The van der Waals surface area contributed by atoms with E-state index in [1.54, 1.807) is 12.1 Å². The van der Waals surface area contributed by atoms with Gasteiger partial charge in [-0.2, -0.15) is 0 Å². The van der Waals surface area contributed by atoms with Gasteiger partial charge in [0.25, 0.3) is 0 Å². The maximum Gasteiger partial charge on any atom is 0.247 e. The van der Waals surface area contributed by atoms with Gasteiger partial charge < -0.3 is 9.73 Å². The normalized spacial score (nSPS) is 11.9. The fraction of sp³-hybridized carbons (Fsp3) is 0.0952. The molecule has 1 amide bonds. The van der Waals surface area contributed by atoms with E-state index in [4.69, 9.17) is 4.42 Å². The molecule has 1 N–H and O–H groups in total. The molecule has 4 rings (SSSR count). The van der Waals surface area contributed by atoms with Crippen molar-refractivity contribution < 1.29 is 13.6 Å². The summed E-state index contributed by atoms with van der Waals surface area (Å²) in [6.45, 7) is 0. The minimum Gasteiger partial charge on any atom is -0.418 e. The lowest BCUT2D eigenvalue weighted by Gasteiger charge is -2.15. The first kappa shape index (κ1) is 18.1. The van der Waals surface area contributed by atoms with E-state index in [1.165, 1.54) is 23.5 Å². The van der Waals surface area contributed by atoms with E-state index >= 15 is 0 Å². The standard InChI is InChI=1S/C21H16FN3O2S/c22-16-10-8-14(9-11-16)19(23-18(26)13-17-7-4-12-28-17)21-25-24-20(27-21)15-5-2-1-3-6-15/h1-12,19H,13H2,(H,23,26). The zero-order valence-corrected chi connectivity index (χ0v) is 15.5. The smallest absolute Gasteiger partial charge is 0.247 e. The third kappa shape index (κ3) is 4.15. The molecular weight excluding hydrogens is 377 g/mol. The Labute approximate surface area is 164 Å². The number of amides is 1. The molecule has 4 aromatic rings. The molecule has 1 unspecified atom stereocenters. The number of hydrogen-bond donors (Lipinski definition) is 1. The fourth-order valence-electron chi connectivity index (χ4n) is 2.77. The highest BCUT2D eigenvalue weighted by molar-refractivity contribution is 7.10. The highest BCUT2D eigenvalue weighted by Gasteiger charge is 2.23. The van der Waals surface area contributed by atoms with Gasteiger partial charge >= 0.3 is 0 Å². The summed E-state index contributed by atoms with van der Waals surface area (Å²) in [7, 11) is 0. The van der Waals surface area contributed by atoms with Gasteiger partial charge in [0.15, 0.2) is 0 Å². The molecule has 0 saturated heterocycles. The molecule has 28 heavy (non-hydrogen) atoms. The number of rotatable bonds is 6. The van der Waals surface area contributed by atoms with Gasteiger partial charge in [0.05, 0.1) is 6.42 Å². The molecular formula is C21H16FN3O2S. The van der Waals surface area contributed by atoms with Crippen molar-refractivity contribution in [2.45, 2.75) is 12.5 Å². The lowest BCUT2D eigenvalue weighted by molar-refractivity contribution is -0.121. The second-order valence-electron chi connectivity index (χ2n) is 6.12. The molecule has 0 spiro atoms. The van der Waals surface area contributed by atoms with E-state index in [0.717, 1.165) is 10.4 Å². The zero-order valence-electron chi connectivity index (χ0n) is 14.7. The molecule has 7 heteroatoms. The summed E-state index contributed by atoms with van der Waals surface area (Å²) in [5.74, 6) is 0.0550. The van der Waals surface area contributed by atoms with Crippen molar-refractivity contribution in [2.24, 2.45) is 0 Å². The third-order valence-corrected chi connectivity index (χ3v) is 5.01. The Morgan fingerprint density at radius 3 is 2.54 bits per heavy atom. The summed E-state index contributed by atoms with van der Waals surface area (Å²) in [4.78, 5) is 13.5. The van der Waals surface area contributed by atoms with Crippen LogP contribution in [0.3, 0.4) is 0 Å². The third-order valence-electron chi connectivity index (χ3n) is 4.13. The van der Waals surface area contributed by atoms with Gasteiger partial charge in [0.1, 0.15) is 11.9 Å². The Kier molecular flexibility index (Phi) is 5.25. The molecule has 0 bridgehead atoms. The predicted molar refractivity (Wildman–Crippen MR) is 104 cm³/mol. The molecule has 0 aliphatic carbocycles. The van der Waals surface area contributed by atoms with Crippen LogP contribution >= 0.6 is 11.3 Å². The second kappa shape index (κ2) is 8.14. The minimum absolute atomic E-state index is 0.184. The van der Waals surface area contributed by atoms with Crippen LogP contribution in [0.1, 0.15) is 22.4 Å². The van der Waals surface area contributed by atoms with Crippen molar-refractivity contribution in [1.82, 2.24) is 15.5 Å². The molecule has 140 valence electrons. The highest BCUT2D eigenvalue weighted by atomic mass is 32.1. The first-order valence-electron chi connectivity index (χ1n) is 8.65. The van der Waals surface area contributed by atoms with E-state index in [-0.39, 0.29) is 24.0 Å². The van der Waals surface area contributed by atoms with Gasteiger partial charge in [-0.3, -0.25) is 4.79 Å². The van der Waals surface area contributed by atoms with Crippen molar-refractivity contribution >= 4 is 17.2 Å². The van der Waals surface area contributed by atoms with Crippen LogP contribution in [0.25, 0.3) is 11.5 Å². The van der Waals surface area contributed by atoms with E-state index in [2.05, 4.69) is 15.5 Å². The number of nitrogens with one attached hydrogen (secondary N) is 1. The summed E-state index contributed by atoms with van der Waals surface area (Å²) >= 11 is 1.51. The molecule has 2 aromatic heterocycles. The topological polar surface area (TPSA) is 68.0 Å². The number of nitrogens with zero attached hydrogens (tertiary/aromatic N) is 2. The van der Waals surface area contributed by atoms with Crippen LogP contribution in [-0.4, -0.2) is 16.1 Å². The second-order valence-corrected chi connectivity index (χ2v) is 7.15. The Hall–Kier alpha value is -3.32. The summed E-state index contributed by atoms with van der Waals surface area (Å²) in [6, 6.07) is 18.4. The Morgan fingerprint density at radius 2 is 1.82 bits per heavy atom. The summed E-state index contributed by atoms with van der Waals surface area (Å²) < 4.78 is 19.2. The van der Waals surface area contributed by atoms with Crippen LogP contribution in [0.4, 0.5) is 4.39 Å². The average molecular weight is 393 g/mol. The van der Waals surface area contributed by atoms with Crippen LogP contribution in [-0.2, 0) is 11.2 Å². The van der Waals surface area contributed by atoms with Gasteiger partial charge in [-0.05, 0) is 41.3 Å². The maximum atomic E-state index is 13.4. The molecule has 0 aliphatic rings. The number of halogens is 1. The molecule has 0 saturated carbocycles. The van der Waals surface area contributed by atoms with E-state index in [0.29, 0.717) is 11.5 Å². The van der Waals surface area contributed by atoms with Gasteiger partial charge in [0.2, 0.25) is 17.7 Å². The molecule has 2 heterocycles. The van der Waals surface area contributed by atoms with E-state index in [9.17, 15) is 9.18 Å². The number of benzene rings is 2. The van der Waals surface area contributed by atoms with Crippen LogP contribution in [0, 0.1) is 5.82 Å². The van der Waals surface area contributed by atoms with Crippen LogP contribution < -0.4 is 5.32 Å².